The minimum Gasteiger partial charge on any atom is -0.316 e. The van der Waals surface area contributed by atoms with Crippen molar-refractivity contribution >= 4 is 34.2 Å². The summed E-state index contributed by atoms with van der Waals surface area (Å²) < 4.78 is 1.79. The van der Waals surface area contributed by atoms with E-state index in [-0.39, 0.29) is 6.03 Å². The number of H-pyrrole nitrogens is 1. The van der Waals surface area contributed by atoms with Crippen molar-refractivity contribution in [2.75, 3.05) is 5.32 Å². The average molecular weight is 393 g/mol. The Labute approximate surface area is 165 Å². The lowest BCUT2D eigenvalue weighted by atomic mass is 10.0. The summed E-state index contributed by atoms with van der Waals surface area (Å²) in [5, 5.41) is 16.4. The molecule has 0 bridgehead atoms. The molecule has 0 fully saturated rings. The van der Waals surface area contributed by atoms with Gasteiger partial charge in [-0.1, -0.05) is 23.7 Å². The number of rotatable bonds is 3. The lowest BCUT2D eigenvalue weighted by molar-refractivity contribution is 0.204. The molecule has 140 valence electrons. The van der Waals surface area contributed by atoms with Gasteiger partial charge >= 0.3 is 6.03 Å². The summed E-state index contributed by atoms with van der Waals surface area (Å²) in [6.45, 7) is 1.00. The minimum absolute atomic E-state index is 0.127. The summed E-state index contributed by atoms with van der Waals surface area (Å²) in [6, 6.07) is 13.4. The van der Waals surface area contributed by atoms with Gasteiger partial charge in [-0.3, -0.25) is 9.78 Å². The number of urea groups is 1. The van der Waals surface area contributed by atoms with Crippen molar-refractivity contribution in [2.45, 2.75) is 13.1 Å². The van der Waals surface area contributed by atoms with Gasteiger partial charge < -0.3 is 10.2 Å². The molecule has 2 aromatic heterocycles. The quantitative estimate of drug-likeness (QED) is 0.549. The Bertz CT molecular complexity index is 1210. The molecule has 0 unspecified atom stereocenters. The van der Waals surface area contributed by atoms with Crippen molar-refractivity contribution in [1.29, 1.82) is 0 Å². The standard InChI is InChI=1S/C20H17ClN6O/c1-26-18(5-6-22-26)19-15-8-13-11-27(10-12-3-2-4-14(21)7-12)20(28)23-16(13)9-17(15)24-25-19/h2-9H,10-11H2,1H3,(H,23,28)(H,24,25). The molecule has 0 saturated carbocycles. The number of nitrogens with one attached hydrogen (secondary N) is 2. The normalized spacial score (nSPS) is 13.6. The van der Waals surface area contributed by atoms with E-state index in [1.54, 1.807) is 15.8 Å². The van der Waals surface area contributed by atoms with Gasteiger partial charge in [-0.05, 0) is 41.5 Å². The Morgan fingerprint density at radius 1 is 1.21 bits per heavy atom. The van der Waals surface area contributed by atoms with Crippen molar-refractivity contribution < 1.29 is 4.79 Å². The van der Waals surface area contributed by atoms with Crippen LogP contribution in [0.15, 0.2) is 48.7 Å². The second-order valence-corrected chi connectivity index (χ2v) is 7.32. The van der Waals surface area contributed by atoms with Gasteiger partial charge in [0.15, 0.2) is 0 Å². The first-order valence-corrected chi connectivity index (χ1v) is 9.26. The van der Waals surface area contributed by atoms with Crippen LogP contribution in [0.5, 0.6) is 0 Å². The van der Waals surface area contributed by atoms with Crippen molar-refractivity contribution in [1.82, 2.24) is 24.9 Å². The number of benzene rings is 2. The molecule has 3 heterocycles. The summed E-state index contributed by atoms with van der Waals surface area (Å²) in [7, 11) is 1.89. The highest BCUT2D eigenvalue weighted by atomic mass is 35.5. The van der Waals surface area contributed by atoms with Crippen molar-refractivity contribution in [3.8, 4) is 11.4 Å². The number of aromatic amines is 1. The number of hydrogen-bond acceptors (Lipinski definition) is 3. The molecule has 2 amide bonds. The number of aromatic nitrogens is 4. The Hall–Kier alpha value is -3.32. The smallest absolute Gasteiger partial charge is 0.316 e. The number of fused-ring (bicyclic) bond motifs is 2. The Morgan fingerprint density at radius 3 is 2.89 bits per heavy atom. The number of nitrogens with zero attached hydrogens (tertiary/aromatic N) is 4. The van der Waals surface area contributed by atoms with Gasteiger partial charge in [-0.25, -0.2) is 4.79 Å². The highest BCUT2D eigenvalue weighted by Gasteiger charge is 2.24. The molecule has 28 heavy (non-hydrogen) atoms. The molecule has 0 saturated heterocycles. The van der Waals surface area contributed by atoms with Crippen LogP contribution in [0.3, 0.4) is 0 Å². The Morgan fingerprint density at radius 2 is 2.11 bits per heavy atom. The fraction of sp³-hybridized carbons (Fsp3) is 0.150. The lowest BCUT2D eigenvalue weighted by Gasteiger charge is -2.29. The molecule has 1 aliphatic heterocycles. The zero-order chi connectivity index (χ0) is 19.3. The molecule has 0 atom stereocenters. The average Bonchev–Trinajstić information content (AvgIpc) is 3.26. The molecule has 5 rings (SSSR count). The Balaban J connectivity index is 1.51. The highest BCUT2D eigenvalue weighted by Crippen LogP contribution is 2.33. The summed E-state index contributed by atoms with van der Waals surface area (Å²) in [6.07, 6.45) is 1.75. The molecule has 0 aliphatic carbocycles. The van der Waals surface area contributed by atoms with Gasteiger partial charge in [-0.2, -0.15) is 10.2 Å². The molecular weight excluding hydrogens is 376 g/mol. The number of halogens is 1. The van der Waals surface area contributed by atoms with E-state index in [9.17, 15) is 4.79 Å². The fourth-order valence-corrected chi connectivity index (χ4v) is 3.83. The molecule has 2 aromatic carbocycles. The monoisotopic (exact) mass is 392 g/mol. The summed E-state index contributed by atoms with van der Waals surface area (Å²) >= 11 is 6.08. The van der Waals surface area contributed by atoms with Crippen molar-refractivity contribution in [3.05, 3.63) is 64.8 Å². The maximum atomic E-state index is 12.6. The molecule has 4 aromatic rings. The first-order chi connectivity index (χ1) is 13.6. The summed E-state index contributed by atoms with van der Waals surface area (Å²) in [4.78, 5) is 14.3. The van der Waals surface area contributed by atoms with Crippen LogP contribution in [0, 0.1) is 0 Å². The van der Waals surface area contributed by atoms with Gasteiger partial charge in [0, 0.05) is 42.4 Å². The maximum absolute atomic E-state index is 12.6. The Kier molecular flexibility index (Phi) is 3.84. The second-order valence-electron chi connectivity index (χ2n) is 6.88. The molecule has 7 nitrogen and oxygen atoms in total. The van der Waals surface area contributed by atoms with Crippen LogP contribution in [0.4, 0.5) is 10.5 Å². The SMILES string of the molecule is Cn1nccc1-c1n[nH]c2cc3c(cc12)CN(Cc1cccc(Cl)c1)C(=O)N3. The van der Waals surface area contributed by atoms with Gasteiger partial charge in [0.05, 0.1) is 11.2 Å². The second kappa shape index (κ2) is 6.38. The van der Waals surface area contributed by atoms with E-state index in [2.05, 4.69) is 26.7 Å². The zero-order valence-corrected chi connectivity index (χ0v) is 15.9. The minimum atomic E-state index is -0.127. The number of carbonyl (C=O) groups excluding carboxylic acids is 1. The fourth-order valence-electron chi connectivity index (χ4n) is 3.61. The van der Waals surface area contributed by atoms with Crippen molar-refractivity contribution in [3.63, 3.8) is 0 Å². The maximum Gasteiger partial charge on any atom is 0.322 e. The predicted molar refractivity (Wildman–Crippen MR) is 108 cm³/mol. The third-order valence-electron chi connectivity index (χ3n) is 5.00. The van der Waals surface area contributed by atoms with Crippen LogP contribution in [0.2, 0.25) is 5.02 Å². The van der Waals surface area contributed by atoms with Gasteiger partial charge in [0.25, 0.3) is 0 Å². The van der Waals surface area contributed by atoms with Crippen LogP contribution in [-0.2, 0) is 20.1 Å². The van der Waals surface area contributed by atoms with Crippen molar-refractivity contribution in [2.24, 2.45) is 7.05 Å². The third kappa shape index (κ3) is 2.80. The number of aryl methyl sites for hydroxylation is 1. The first-order valence-electron chi connectivity index (χ1n) is 8.88. The molecule has 0 radical (unpaired) electrons. The van der Waals surface area contributed by atoms with E-state index in [1.165, 1.54) is 0 Å². The molecule has 0 spiro atoms. The largest absolute Gasteiger partial charge is 0.322 e. The number of carbonyl (C=O) groups is 1. The van der Waals surface area contributed by atoms with Gasteiger partial charge in [0.2, 0.25) is 0 Å². The number of anilines is 1. The van der Waals surface area contributed by atoms with E-state index in [4.69, 9.17) is 11.6 Å². The van der Waals surface area contributed by atoms with E-state index in [1.807, 2.05) is 43.4 Å². The number of amides is 2. The van der Waals surface area contributed by atoms with E-state index in [0.29, 0.717) is 18.1 Å². The molecule has 1 aliphatic rings. The first kappa shape index (κ1) is 16.8. The topological polar surface area (TPSA) is 78.8 Å². The van der Waals surface area contributed by atoms with Crippen LogP contribution in [0.1, 0.15) is 11.1 Å². The molecule has 8 heteroatoms. The van der Waals surface area contributed by atoms with E-state index >= 15 is 0 Å². The van der Waals surface area contributed by atoms with E-state index in [0.717, 1.165) is 39.1 Å². The summed E-state index contributed by atoms with van der Waals surface area (Å²) in [5.74, 6) is 0. The molecular formula is C20H17ClN6O. The van der Waals surface area contributed by atoms with Gasteiger partial charge in [-0.15, -0.1) is 0 Å². The van der Waals surface area contributed by atoms with E-state index < -0.39 is 0 Å². The predicted octanol–water partition coefficient (Wildman–Crippen LogP) is 4.16. The highest BCUT2D eigenvalue weighted by molar-refractivity contribution is 6.30. The zero-order valence-electron chi connectivity index (χ0n) is 15.1. The van der Waals surface area contributed by atoms with Crippen LogP contribution in [-0.4, -0.2) is 30.9 Å². The lowest BCUT2D eigenvalue weighted by Crippen LogP contribution is -2.38. The van der Waals surface area contributed by atoms with Crippen LogP contribution < -0.4 is 5.32 Å². The molecule has 2 N–H and O–H groups in total. The van der Waals surface area contributed by atoms with Crippen LogP contribution >= 0.6 is 11.6 Å². The van der Waals surface area contributed by atoms with Gasteiger partial charge in [0.1, 0.15) is 5.69 Å². The third-order valence-corrected chi connectivity index (χ3v) is 5.24. The van der Waals surface area contributed by atoms with Crippen LogP contribution in [0.25, 0.3) is 22.3 Å². The summed E-state index contributed by atoms with van der Waals surface area (Å²) in [5.41, 5.74) is 5.49. The number of hydrogen-bond donors (Lipinski definition) is 2.